The van der Waals surface area contributed by atoms with Crippen LogP contribution in [0.2, 0.25) is 5.02 Å². The van der Waals surface area contributed by atoms with E-state index < -0.39 is 33.9 Å². The minimum absolute atomic E-state index is 0.0238. The number of carbonyl (C=O) groups excluding carboxylic acids is 1. The van der Waals surface area contributed by atoms with Crippen LogP contribution < -0.4 is 0 Å². The number of carboxylic acid groups (broad SMARTS) is 1. The standard InChI is InChI=1S/C15H16ClNO6S/c1-23-15(20)10-4-3-9(7-12(10)16)24(21,22)17-8-2-5-13(17)11(6-8)14(18)19/h3-4,7-8,11,13H,2,5-6H2,1H3,(H,18,19). The molecule has 2 aliphatic heterocycles. The van der Waals surface area contributed by atoms with Gasteiger partial charge < -0.3 is 9.84 Å². The molecule has 9 heteroatoms. The highest BCUT2D eigenvalue weighted by atomic mass is 35.5. The van der Waals surface area contributed by atoms with Gasteiger partial charge in [-0.2, -0.15) is 4.31 Å². The van der Waals surface area contributed by atoms with Gasteiger partial charge in [0.15, 0.2) is 0 Å². The second-order valence-electron chi connectivity index (χ2n) is 5.95. The maximum Gasteiger partial charge on any atom is 0.339 e. The lowest BCUT2D eigenvalue weighted by Crippen LogP contribution is -2.37. The highest BCUT2D eigenvalue weighted by Gasteiger charge is 2.54. The molecule has 0 aromatic heterocycles. The molecule has 24 heavy (non-hydrogen) atoms. The molecule has 2 saturated heterocycles. The molecule has 3 rings (SSSR count). The van der Waals surface area contributed by atoms with E-state index in [1.54, 1.807) is 0 Å². The summed E-state index contributed by atoms with van der Waals surface area (Å²) in [6.07, 6.45) is 1.52. The average molecular weight is 374 g/mol. The van der Waals surface area contributed by atoms with Crippen LogP contribution in [0, 0.1) is 5.92 Å². The molecule has 7 nitrogen and oxygen atoms in total. The Kier molecular flexibility index (Phi) is 4.31. The van der Waals surface area contributed by atoms with Crippen molar-refractivity contribution < 1.29 is 27.9 Å². The van der Waals surface area contributed by atoms with Gasteiger partial charge in [0.25, 0.3) is 0 Å². The summed E-state index contributed by atoms with van der Waals surface area (Å²) in [5.74, 6) is -2.30. The van der Waals surface area contributed by atoms with Crippen LogP contribution in [0.25, 0.3) is 0 Å². The molecule has 130 valence electrons. The van der Waals surface area contributed by atoms with E-state index in [9.17, 15) is 23.1 Å². The minimum Gasteiger partial charge on any atom is -0.481 e. The van der Waals surface area contributed by atoms with Crippen LogP contribution in [0.5, 0.6) is 0 Å². The number of hydrogen-bond donors (Lipinski definition) is 1. The van der Waals surface area contributed by atoms with Gasteiger partial charge in [-0.1, -0.05) is 11.6 Å². The van der Waals surface area contributed by atoms with E-state index in [4.69, 9.17) is 11.6 Å². The molecule has 0 saturated carbocycles. The number of methoxy groups -OCH3 is 1. The van der Waals surface area contributed by atoms with E-state index in [0.29, 0.717) is 19.3 Å². The van der Waals surface area contributed by atoms with Crippen LogP contribution >= 0.6 is 11.6 Å². The predicted molar refractivity (Wildman–Crippen MR) is 84.4 cm³/mol. The maximum atomic E-state index is 12.9. The Bertz CT molecular complexity index is 808. The third-order valence-corrected chi connectivity index (χ3v) is 7.00. The van der Waals surface area contributed by atoms with Gasteiger partial charge in [-0.15, -0.1) is 0 Å². The highest BCUT2D eigenvalue weighted by Crippen LogP contribution is 2.45. The van der Waals surface area contributed by atoms with E-state index in [2.05, 4.69) is 4.74 Å². The van der Waals surface area contributed by atoms with E-state index in [1.807, 2.05) is 0 Å². The molecule has 2 heterocycles. The van der Waals surface area contributed by atoms with Crippen molar-refractivity contribution >= 4 is 33.6 Å². The molecule has 2 fully saturated rings. The number of halogens is 1. The first-order chi connectivity index (χ1) is 11.3. The molecule has 1 N–H and O–H groups in total. The van der Waals surface area contributed by atoms with Gasteiger partial charge in [-0.3, -0.25) is 4.79 Å². The third kappa shape index (κ3) is 2.58. The Morgan fingerprint density at radius 1 is 1.33 bits per heavy atom. The number of carboxylic acids is 1. The molecular weight excluding hydrogens is 358 g/mol. The molecule has 2 aliphatic rings. The molecular formula is C15H16ClNO6S. The van der Waals surface area contributed by atoms with Crippen molar-refractivity contribution in [2.24, 2.45) is 5.92 Å². The minimum atomic E-state index is -3.88. The van der Waals surface area contributed by atoms with Gasteiger partial charge in [-0.25, -0.2) is 13.2 Å². The van der Waals surface area contributed by atoms with Crippen LogP contribution in [0.3, 0.4) is 0 Å². The van der Waals surface area contributed by atoms with Crippen molar-refractivity contribution in [3.05, 3.63) is 28.8 Å². The Morgan fingerprint density at radius 3 is 2.58 bits per heavy atom. The molecule has 2 bridgehead atoms. The van der Waals surface area contributed by atoms with Crippen LogP contribution in [0.4, 0.5) is 0 Å². The SMILES string of the molecule is COC(=O)c1ccc(S(=O)(=O)N2C3CCC2C(C(=O)O)C3)cc1Cl. The smallest absolute Gasteiger partial charge is 0.339 e. The Hall–Kier alpha value is -1.64. The number of ether oxygens (including phenoxy) is 1. The monoisotopic (exact) mass is 373 g/mol. The van der Waals surface area contributed by atoms with Gasteiger partial charge >= 0.3 is 11.9 Å². The van der Waals surface area contributed by atoms with Crippen LogP contribution in [-0.2, 0) is 19.6 Å². The summed E-state index contributed by atoms with van der Waals surface area (Å²) >= 11 is 6.01. The summed E-state index contributed by atoms with van der Waals surface area (Å²) in [6, 6.07) is 2.96. The Morgan fingerprint density at radius 2 is 2.04 bits per heavy atom. The number of fused-ring (bicyclic) bond motifs is 2. The number of rotatable bonds is 4. The number of aliphatic carboxylic acids is 1. The fraction of sp³-hybridized carbons (Fsp3) is 0.467. The molecule has 0 amide bonds. The Labute approximate surface area is 144 Å². The number of esters is 1. The lowest BCUT2D eigenvalue weighted by atomic mass is 9.89. The number of hydrogen-bond acceptors (Lipinski definition) is 5. The van der Waals surface area contributed by atoms with Crippen molar-refractivity contribution in [2.75, 3.05) is 7.11 Å². The third-order valence-electron chi connectivity index (χ3n) is 4.71. The molecule has 3 atom stereocenters. The predicted octanol–water partition coefficient (Wildman–Crippen LogP) is 1.75. The van der Waals surface area contributed by atoms with Crippen LogP contribution in [0.1, 0.15) is 29.6 Å². The number of nitrogens with zero attached hydrogens (tertiary/aromatic N) is 1. The fourth-order valence-corrected chi connectivity index (χ4v) is 5.90. The summed E-state index contributed by atoms with van der Waals surface area (Å²) < 4.78 is 31.7. The van der Waals surface area contributed by atoms with E-state index in [-0.39, 0.29) is 21.5 Å². The Balaban J connectivity index is 1.96. The van der Waals surface area contributed by atoms with Gasteiger partial charge in [0.05, 0.1) is 28.5 Å². The zero-order valence-corrected chi connectivity index (χ0v) is 14.4. The average Bonchev–Trinajstić information content (AvgIpc) is 3.12. The fourth-order valence-electron chi connectivity index (χ4n) is 3.63. The lowest BCUT2D eigenvalue weighted by molar-refractivity contribution is -0.142. The van der Waals surface area contributed by atoms with E-state index >= 15 is 0 Å². The quantitative estimate of drug-likeness (QED) is 0.807. The topological polar surface area (TPSA) is 101 Å². The van der Waals surface area contributed by atoms with Gasteiger partial charge in [0.1, 0.15) is 0 Å². The highest BCUT2D eigenvalue weighted by molar-refractivity contribution is 7.89. The van der Waals surface area contributed by atoms with E-state index in [1.165, 1.54) is 29.6 Å². The van der Waals surface area contributed by atoms with Crippen molar-refractivity contribution in [1.29, 1.82) is 0 Å². The first-order valence-electron chi connectivity index (χ1n) is 7.41. The van der Waals surface area contributed by atoms with Crippen molar-refractivity contribution in [2.45, 2.75) is 36.2 Å². The zero-order valence-electron chi connectivity index (χ0n) is 12.8. The number of benzene rings is 1. The second-order valence-corrected chi connectivity index (χ2v) is 8.20. The largest absolute Gasteiger partial charge is 0.481 e. The van der Waals surface area contributed by atoms with Gasteiger partial charge in [0, 0.05) is 12.1 Å². The first kappa shape index (κ1) is 17.2. The summed E-state index contributed by atoms with van der Waals surface area (Å²) in [5, 5.41) is 9.24. The molecule has 1 aromatic rings. The lowest BCUT2D eigenvalue weighted by Gasteiger charge is -2.22. The maximum absolute atomic E-state index is 12.9. The summed E-state index contributed by atoms with van der Waals surface area (Å²) in [6.45, 7) is 0. The van der Waals surface area contributed by atoms with E-state index in [0.717, 1.165) is 0 Å². The molecule has 1 aromatic carbocycles. The van der Waals surface area contributed by atoms with Crippen molar-refractivity contribution in [1.82, 2.24) is 4.31 Å². The zero-order chi connectivity index (χ0) is 17.6. The van der Waals surface area contributed by atoms with Gasteiger partial charge in [0.2, 0.25) is 10.0 Å². The second kappa shape index (κ2) is 6.02. The molecule has 3 unspecified atom stereocenters. The molecule has 0 spiro atoms. The molecule has 0 aliphatic carbocycles. The van der Waals surface area contributed by atoms with Crippen LogP contribution in [-0.4, -0.2) is 49.0 Å². The first-order valence-corrected chi connectivity index (χ1v) is 9.23. The number of carbonyl (C=O) groups is 2. The number of sulfonamides is 1. The normalized spacial score (nSPS) is 26.5. The van der Waals surface area contributed by atoms with Crippen molar-refractivity contribution in [3.63, 3.8) is 0 Å². The summed E-state index contributed by atoms with van der Waals surface area (Å²) in [5.41, 5.74) is 0.0749. The van der Waals surface area contributed by atoms with Crippen LogP contribution in [0.15, 0.2) is 23.1 Å². The van der Waals surface area contributed by atoms with Crippen molar-refractivity contribution in [3.8, 4) is 0 Å². The summed E-state index contributed by atoms with van der Waals surface area (Å²) in [7, 11) is -2.67. The summed E-state index contributed by atoms with van der Waals surface area (Å²) in [4.78, 5) is 22.8. The van der Waals surface area contributed by atoms with Gasteiger partial charge in [-0.05, 0) is 37.5 Å². The molecule has 0 radical (unpaired) electrons.